The van der Waals surface area contributed by atoms with Crippen molar-refractivity contribution in [1.29, 1.82) is 0 Å². The first-order valence-corrected chi connectivity index (χ1v) is 11.3. The minimum atomic E-state index is -0.884. The zero-order chi connectivity index (χ0) is 23.4. The molecular weight excluding hydrogens is 479 g/mol. The molecule has 2 N–H and O–H groups in total. The van der Waals surface area contributed by atoms with Gasteiger partial charge < -0.3 is 20.0 Å². The summed E-state index contributed by atoms with van der Waals surface area (Å²) in [4.78, 5) is 29.6. The Hall–Kier alpha value is -2.71. The Kier molecular flexibility index (Phi) is 7.69. The van der Waals surface area contributed by atoms with Crippen LogP contribution < -0.4 is 0 Å². The van der Waals surface area contributed by atoms with Crippen LogP contribution in [0, 0.1) is 5.82 Å². The maximum absolute atomic E-state index is 13.6. The molecule has 8 heteroatoms. The third-order valence-electron chi connectivity index (χ3n) is 5.71. The number of aromatic hydroxyl groups is 1. The summed E-state index contributed by atoms with van der Waals surface area (Å²) in [6.07, 6.45) is 0.634. The Labute approximate surface area is 195 Å². The number of phenols is 1. The number of hydrogen-bond donors (Lipinski definition) is 2. The second-order valence-electron chi connectivity index (χ2n) is 7.59. The van der Waals surface area contributed by atoms with Crippen LogP contribution in [0.5, 0.6) is 5.75 Å². The number of carbonyl (C=O) groups is 2. The van der Waals surface area contributed by atoms with Gasteiger partial charge in [0.2, 0.25) is 0 Å². The van der Waals surface area contributed by atoms with Gasteiger partial charge in [0, 0.05) is 11.0 Å². The number of halogens is 2. The first-order valence-electron chi connectivity index (χ1n) is 10.5. The van der Waals surface area contributed by atoms with Crippen molar-refractivity contribution in [2.24, 2.45) is 0 Å². The highest BCUT2D eigenvalue weighted by Gasteiger charge is 2.46. The highest BCUT2D eigenvalue weighted by molar-refractivity contribution is 9.10. The monoisotopic (exact) mass is 504 g/mol. The number of nitrogens with zero attached hydrogens (tertiary/aromatic N) is 2. The maximum atomic E-state index is 13.6. The van der Waals surface area contributed by atoms with Crippen LogP contribution in [0.4, 0.5) is 4.39 Å². The van der Waals surface area contributed by atoms with Crippen LogP contribution in [0.3, 0.4) is 0 Å². The number of likely N-dealkylation sites (tertiary alicyclic amines) is 1. The van der Waals surface area contributed by atoms with Gasteiger partial charge in [0.05, 0.1) is 17.2 Å². The van der Waals surface area contributed by atoms with Gasteiger partial charge in [-0.25, -0.2) is 4.39 Å². The summed E-state index contributed by atoms with van der Waals surface area (Å²) in [5.74, 6) is -2.70. The van der Waals surface area contributed by atoms with Gasteiger partial charge in [0.1, 0.15) is 17.3 Å². The van der Waals surface area contributed by atoms with Crippen LogP contribution in [-0.2, 0) is 9.59 Å². The van der Waals surface area contributed by atoms with Crippen LogP contribution >= 0.6 is 15.9 Å². The Bertz CT molecular complexity index is 1030. The Morgan fingerprint density at radius 2 is 1.78 bits per heavy atom. The number of rotatable bonds is 8. The number of Topliss-reactive ketones (excluding diaryl/α,β-unsaturated/α-hetero) is 1. The van der Waals surface area contributed by atoms with Gasteiger partial charge in [-0.1, -0.05) is 41.9 Å². The predicted octanol–water partition coefficient (Wildman–Crippen LogP) is 4.45. The molecule has 170 valence electrons. The summed E-state index contributed by atoms with van der Waals surface area (Å²) in [6, 6.07) is 9.06. The van der Waals surface area contributed by atoms with Crippen molar-refractivity contribution in [1.82, 2.24) is 9.80 Å². The summed E-state index contributed by atoms with van der Waals surface area (Å²) in [6.45, 7) is 6.90. The zero-order valence-electron chi connectivity index (χ0n) is 18.0. The van der Waals surface area contributed by atoms with Gasteiger partial charge in [-0.3, -0.25) is 9.59 Å². The minimum absolute atomic E-state index is 0.0348. The molecule has 2 aromatic rings. The SMILES string of the molecule is CCN(CC)CCCN1C(=O)C(=O)/C(=C(/O)c2cc(Br)ccc2O)C1c1ccc(F)cc1. The summed E-state index contributed by atoms with van der Waals surface area (Å²) in [5, 5.41) is 21.3. The fourth-order valence-electron chi connectivity index (χ4n) is 3.95. The maximum Gasteiger partial charge on any atom is 0.295 e. The normalized spacial score (nSPS) is 18.0. The molecule has 0 aromatic heterocycles. The lowest BCUT2D eigenvalue weighted by Gasteiger charge is -2.26. The van der Waals surface area contributed by atoms with Crippen LogP contribution in [-0.4, -0.2) is 57.9 Å². The number of ketones is 1. The lowest BCUT2D eigenvalue weighted by atomic mass is 9.95. The lowest BCUT2D eigenvalue weighted by molar-refractivity contribution is -0.140. The molecule has 0 aliphatic carbocycles. The third kappa shape index (κ3) is 4.86. The van der Waals surface area contributed by atoms with Gasteiger partial charge in [-0.15, -0.1) is 0 Å². The predicted molar refractivity (Wildman–Crippen MR) is 124 cm³/mol. The van der Waals surface area contributed by atoms with Crippen LogP contribution in [0.25, 0.3) is 5.76 Å². The smallest absolute Gasteiger partial charge is 0.295 e. The Morgan fingerprint density at radius 3 is 2.41 bits per heavy atom. The van der Waals surface area contributed by atoms with E-state index in [9.17, 15) is 24.2 Å². The van der Waals surface area contributed by atoms with Crippen molar-refractivity contribution in [2.45, 2.75) is 26.3 Å². The number of carbonyl (C=O) groups excluding carboxylic acids is 2. The lowest BCUT2D eigenvalue weighted by Crippen LogP contribution is -2.33. The van der Waals surface area contributed by atoms with Crippen LogP contribution in [0.15, 0.2) is 52.5 Å². The van der Waals surface area contributed by atoms with Gasteiger partial charge in [0.15, 0.2) is 0 Å². The van der Waals surface area contributed by atoms with E-state index in [1.54, 1.807) is 6.07 Å². The van der Waals surface area contributed by atoms with E-state index in [1.807, 2.05) is 0 Å². The van der Waals surface area contributed by atoms with Gasteiger partial charge in [-0.2, -0.15) is 0 Å². The second-order valence-corrected chi connectivity index (χ2v) is 8.50. The minimum Gasteiger partial charge on any atom is -0.507 e. The molecule has 0 saturated carbocycles. The first-order chi connectivity index (χ1) is 15.3. The number of aliphatic hydroxyl groups is 1. The molecule has 1 atom stereocenters. The highest BCUT2D eigenvalue weighted by Crippen LogP contribution is 2.41. The van der Waals surface area contributed by atoms with E-state index >= 15 is 0 Å². The van der Waals surface area contributed by atoms with E-state index in [-0.39, 0.29) is 16.9 Å². The number of benzene rings is 2. The van der Waals surface area contributed by atoms with E-state index in [0.717, 1.165) is 19.6 Å². The molecule has 3 rings (SSSR count). The number of amides is 1. The number of phenolic OH excluding ortho intramolecular Hbond substituents is 1. The molecule has 1 aliphatic heterocycles. The van der Waals surface area contributed by atoms with E-state index in [0.29, 0.717) is 23.0 Å². The molecule has 1 aliphatic rings. The largest absolute Gasteiger partial charge is 0.507 e. The standard InChI is InChI=1S/C24H26BrFN2O4/c1-3-27(4-2)12-5-13-28-21(15-6-9-17(26)10-7-15)20(23(31)24(28)32)22(30)18-14-16(25)8-11-19(18)29/h6-11,14,21,29-30H,3-5,12-13H2,1-2H3/b22-20+. The molecule has 0 bridgehead atoms. The first kappa shape index (κ1) is 23.9. The van der Waals surface area contributed by atoms with Crippen molar-refractivity contribution in [3.8, 4) is 5.75 Å². The van der Waals surface area contributed by atoms with Gasteiger partial charge in [0.25, 0.3) is 11.7 Å². The van der Waals surface area contributed by atoms with Gasteiger partial charge >= 0.3 is 0 Å². The van der Waals surface area contributed by atoms with Crippen molar-refractivity contribution in [3.63, 3.8) is 0 Å². The summed E-state index contributed by atoms with van der Waals surface area (Å²) < 4.78 is 14.1. The average Bonchev–Trinajstić information content (AvgIpc) is 3.03. The molecular formula is C24H26BrFN2O4. The van der Waals surface area contributed by atoms with Crippen molar-refractivity contribution in [2.75, 3.05) is 26.2 Å². The fourth-order valence-corrected chi connectivity index (χ4v) is 4.31. The summed E-state index contributed by atoms with van der Waals surface area (Å²) in [5.41, 5.74) is 0.412. The highest BCUT2D eigenvalue weighted by atomic mass is 79.9. The number of hydrogen-bond acceptors (Lipinski definition) is 5. The Morgan fingerprint density at radius 1 is 1.12 bits per heavy atom. The topological polar surface area (TPSA) is 81.1 Å². The Balaban J connectivity index is 2.06. The van der Waals surface area contributed by atoms with Crippen LogP contribution in [0.1, 0.15) is 37.4 Å². The fraction of sp³-hybridized carbons (Fsp3) is 0.333. The van der Waals surface area contributed by atoms with Crippen LogP contribution in [0.2, 0.25) is 0 Å². The molecule has 1 fully saturated rings. The molecule has 0 radical (unpaired) electrons. The molecule has 1 saturated heterocycles. The quantitative estimate of drug-likeness (QED) is 0.315. The number of aliphatic hydroxyl groups excluding tert-OH is 1. The molecule has 1 unspecified atom stereocenters. The third-order valence-corrected chi connectivity index (χ3v) is 6.20. The van der Waals surface area contributed by atoms with E-state index in [4.69, 9.17) is 0 Å². The van der Waals surface area contributed by atoms with Crippen molar-refractivity contribution < 1.29 is 24.2 Å². The van der Waals surface area contributed by atoms with Gasteiger partial charge in [-0.05, 0) is 62.0 Å². The molecule has 6 nitrogen and oxygen atoms in total. The molecule has 0 spiro atoms. The zero-order valence-corrected chi connectivity index (χ0v) is 19.6. The molecule has 1 heterocycles. The summed E-state index contributed by atoms with van der Waals surface area (Å²) >= 11 is 3.29. The average molecular weight is 505 g/mol. The van der Waals surface area contributed by atoms with Crippen molar-refractivity contribution in [3.05, 3.63) is 69.5 Å². The molecule has 2 aromatic carbocycles. The molecule has 32 heavy (non-hydrogen) atoms. The molecule has 1 amide bonds. The van der Waals surface area contributed by atoms with E-state index in [1.165, 1.54) is 41.3 Å². The van der Waals surface area contributed by atoms with E-state index in [2.05, 4.69) is 34.7 Å². The van der Waals surface area contributed by atoms with E-state index < -0.39 is 29.3 Å². The van der Waals surface area contributed by atoms with Crippen molar-refractivity contribution >= 4 is 33.4 Å². The summed E-state index contributed by atoms with van der Waals surface area (Å²) in [7, 11) is 0. The second kappa shape index (κ2) is 10.3.